The molecule has 5 nitrogen and oxygen atoms in total. The summed E-state index contributed by atoms with van der Waals surface area (Å²) in [4.78, 5) is -0.355. The summed E-state index contributed by atoms with van der Waals surface area (Å²) in [5.74, 6) is -0.214. The zero-order valence-corrected chi connectivity index (χ0v) is 8.95. The molecule has 0 heterocycles. The van der Waals surface area contributed by atoms with Crippen molar-refractivity contribution < 1.29 is 18.1 Å². The lowest BCUT2D eigenvalue weighted by Gasteiger charge is -2.13. The molecule has 16 heavy (non-hydrogen) atoms. The van der Waals surface area contributed by atoms with Crippen LogP contribution >= 0.6 is 0 Å². The Balaban J connectivity index is 2.67. The van der Waals surface area contributed by atoms with Gasteiger partial charge in [0.15, 0.2) is 0 Å². The van der Waals surface area contributed by atoms with Crippen LogP contribution in [0, 0.1) is 5.41 Å². The number of benzene rings is 1. The molecule has 6 heteroatoms. The molecule has 1 aromatic carbocycles. The van der Waals surface area contributed by atoms with Crippen LogP contribution in [-0.4, -0.2) is 23.8 Å². The molecule has 0 spiro atoms. The van der Waals surface area contributed by atoms with Gasteiger partial charge in [-0.05, 0) is 23.8 Å². The first-order chi connectivity index (χ1) is 7.38. The summed E-state index contributed by atoms with van der Waals surface area (Å²) in [7, 11) is -4.33. The molecule has 0 aromatic heterocycles. The molecular formula is C10H9NO4S. The van der Waals surface area contributed by atoms with Crippen molar-refractivity contribution in [3.05, 3.63) is 29.3 Å². The highest BCUT2D eigenvalue weighted by atomic mass is 32.2. The fraction of sp³-hybridized carbons (Fsp3) is 0.100. The topological polar surface area (TPSA) is 98.5 Å². The lowest BCUT2D eigenvalue weighted by Crippen LogP contribution is -2.07. The van der Waals surface area contributed by atoms with Crippen molar-refractivity contribution in [1.29, 1.82) is 5.41 Å². The lowest BCUT2D eigenvalue weighted by atomic mass is 9.95. The van der Waals surface area contributed by atoms with Crippen molar-refractivity contribution in [3.8, 4) is 5.75 Å². The SMILES string of the molecule is N=C1C=Cc2c(O)cc(S(=O)(=O)O)cc2C1. The summed E-state index contributed by atoms with van der Waals surface area (Å²) in [5.41, 5.74) is 1.32. The van der Waals surface area contributed by atoms with Crippen LogP contribution < -0.4 is 0 Å². The molecule has 0 aliphatic heterocycles. The molecule has 0 radical (unpaired) electrons. The first kappa shape index (κ1) is 10.8. The van der Waals surface area contributed by atoms with Crippen molar-refractivity contribution in [2.45, 2.75) is 11.3 Å². The van der Waals surface area contributed by atoms with Crippen molar-refractivity contribution in [3.63, 3.8) is 0 Å². The van der Waals surface area contributed by atoms with E-state index >= 15 is 0 Å². The second-order valence-electron chi connectivity index (χ2n) is 3.53. The Morgan fingerprint density at radius 2 is 1.94 bits per heavy atom. The number of nitrogens with one attached hydrogen (secondary N) is 1. The minimum atomic E-state index is -4.33. The second kappa shape index (κ2) is 3.43. The molecule has 0 unspecified atom stereocenters. The molecule has 1 aromatic rings. The van der Waals surface area contributed by atoms with Crippen molar-refractivity contribution in [1.82, 2.24) is 0 Å². The molecule has 0 bridgehead atoms. The van der Waals surface area contributed by atoms with E-state index in [1.165, 1.54) is 12.1 Å². The summed E-state index contributed by atoms with van der Waals surface area (Å²) in [6.07, 6.45) is 3.32. The fourth-order valence-corrected chi connectivity index (χ4v) is 2.16. The van der Waals surface area contributed by atoms with Gasteiger partial charge in [-0.2, -0.15) is 8.42 Å². The number of rotatable bonds is 1. The summed E-state index contributed by atoms with van der Waals surface area (Å²) >= 11 is 0. The van der Waals surface area contributed by atoms with Gasteiger partial charge in [0.05, 0.1) is 4.90 Å². The van der Waals surface area contributed by atoms with Crippen LogP contribution in [0.4, 0.5) is 0 Å². The van der Waals surface area contributed by atoms with Gasteiger partial charge < -0.3 is 10.5 Å². The van der Waals surface area contributed by atoms with E-state index in [1.807, 2.05) is 0 Å². The van der Waals surface area contributed by atoms with Gasteiger partial charge in [-0.3, -0.25) is 4.55 Å². The first-order valence-electron chi connectivity index (χ1n) is 4.47. The van der Waals surface area contributed by atoms with E-state index < -0.39 is 10.1 Å². The molecule has 0 saturated heterocycles. The van der Waals surface area contributed by atoms with Crippen LogP contribution in [0.3, 0.4) is 0 Å². The largest absolute Gasteiger partial charge is 0.507 e. The number of hydrogen-bond donors (Lipinski definition) is 3. The van der Waals surface area contributed by atoms with Gasteiger partial charge in [0.1, 0.15) is 5.75 Å². The summed E-state index contributed by atoms with van der Waals surface area (Å²) in [5, 5.41) is 17.0. The van der Waals surface area contributed by atoms with Crippen LogP contribution in [0.1, 0.15) is 11.1 Å². The molecule has 1 aliphatic carbocycles. The Hall–Kier alpha value is -1.66. The maximum atomic E-state index is 10.9. The van der Waals surface area contributed by atoms with Crippen LogP contribution in [0.15, 0.2) is 23.1 Å². The minimum absolute atomic E-state index is 0.214. The van der Waals surface area contributed by atoms with Gasteiger partial charge in [-0.15, -0.1) is 0 Å². The van der Waals surface area contributed by atoms with Gasteiger partial charge in [0, 0.05) is 23.8 Å². The highest BCUT2D eigenvalue weighted by Crippen LogP contribution is 2.30. The normalized spacial score (nSPS) is 14.9. The van der Waals surface area contributed by atoms with E-state index in [1.54, 1.807) is 6.08 Å². The molecule has 1 aliphatic rings. The summed E-state index contributed by atoms with van der Waals surface area (Å²) in [6, 6.07) is 2.26. The van der Waals surface area contributed by atoms with Crippen molar-refractivity contribution >= 4 is 21.9 Å². The third-order valence-electron chi connectivity index (χ3n) is 2.35. The number of phenolic OH excluding ortho intramolecular Hbond substituents is 1. The molecule has 0 fully saturated rings. The van der Waals surface area contributed by atoms with Crippen LogP contribution in [0.2, 0.25) is 0 Å². The van der Waals surface area contributed by atoms with Gasteiger partial charge >= 0.3 is 0 Å². The third kappa shape index (κ3) is 1.84. The maximum Gasteiger partial charge on any atom is 0.294 e. The number of fused-ring (bicyclic) bond motifs is 1. The van der Waals surface area contributed by atoms with Crippen LogP contribution in [0.5, 0.6) is 5.75 Å². The maximum absolute atomic E-state index is 10.9. The quantitative estimate of drug-likeness (QED) is 0.642. The monoisotopic (exact) mass is 239 g/mol. The van der Waals surface area contributed by atoms with Crippen molar-refractivity contribution in [2.75, 3.05) is 0 Å². The average molecular weight is 239 g/mol. The highest BCUT2D eigenvalue weighted by Gasteiger charge is 2.18. The van der Waals surface area contributed by atoms with E-state index in [0.29, 0.717) is 16.8 Å². The summed E-state index contributed by atoms with van der Waals surface area (Å²) < 4.78 is 30.7. The Morgan fingerprint density at radius 3 is 2.56 bits per heavy atom. The lowest BCUT2D eigenvalue weighted by molar-refractivity contribution is 0.464. The van der Waals surface area contributed by atoms with Crippen molar-refractivity contribution in [2.24, 2.45) is 0 Å². The Kier molecular flexibility index (Phi) is 2.32. The molecular weight excluding hydrogens is 230 g/mol. The second-order valence-corrected chi connectivity index (χ2v) is 4.95. The fourth-order valence-electron chi connectivity index (χ4n) is 1.60. The van der Waals surface area contributed by atoms with E-state index in [9.17, 15) is 13.5 Å². The van der Waals surface area contributed by atoms with E-state index in [-0.39, 0.29) is 17.1 Å². The number of aromatic hydroxyl groups is 1. The Labute approximate surface area is 92.3 Å². The van der Waals surface area contributed by atoms with Gasteiger partial charge in [-0.1, -0.05) is 0 Å². The Bertz CT molecular complexity index is 601. The van der Waals surface area contributed by atoms with Gasteiger partial charge in [-0.25, -0.2) is 0 Å². The molecule has 0 saturated carbocycles. The van der Waals surface area contributed by atoms with E-state index in [2.05, 4.69) is 0 Å². The number of hydrogen-bond acceptors (Lipinski definition) is 4. The van der Waals surface area contributed by atoms with Crippen LogP contribution in [-0.2, 0) is 16.5 Å². The Morgan fingerprint density at radius 1 is 1.25 bits per heavy atom. The number of allylic oxidation sites excluding steroid dienone is 1. The zero-order chi connectivity index (χ0) is 11.9. The first-order valence-corrected chi connectivity index (χ1v) is 5.91. The van der Waals surface area contributed by atoms with Gasteiger partial charge in [0.2, 0.25) is 0 Å². The highest BCUT2D eigenvalue weighted by molar-refractivity contribution is 7.85. The summed E-state index contributed by atoms with van der Waals surface area (Å²) in [6.45, 7) is 0. The minimum Gasteiger partial charge on any atom is -0.507 e. The zero-order valence-electron chi connectivity index (χ0n) is 8.14. The molecule has 84 valence electrons. The molecule has 0 amide bonds. The number of phenols is 1. The third-order valence-corrected chi connectivity index (χ3v) is 3.18. The predicted octanol–water partition coefficient (Wildman–Crippen LogP) is 1.23. The smallest absolute Gasteiger partial charge is 0.294 e. The van der Waals surface area contributed by atoms with E-state index in [0.717, 1.165) is 6.07 Å². The molecule has 2 rings (SSSR count). The van der Waals surface area contributed by atoms with Gasteiger partial charge in [0.25, 0.3) is 10.1 Å². The molecule has 3 N–H and O–H groups in total. The van der Waals surface area contributed by atoms with Crippen LogP contribution in [0.25, 0.3) is 6.08 Å². The van der Waals surface area contributed by atoms with E-state index in [4.69, 9.17) is 9.96 Å². The molecule has 0 atom stereocenters. The average Bonchev–Trinajstić information content (AvgIpc) is 2.15. The predicted molar refractivity (Wildman–Crippen MR) is 58.4 cm³/mol. The standard InChI is InChI=1S/C10H9NO4S/c11-7-1-2-9-6(3-7)4-8(5-10(9)12)16(13,14)15/h1-2,4-5,11-12H,3H2,(H,13,14,15).